The Labute approximate surface area is 133 Å². The number of nitrogens with one attached hydrogen (secondary N) is 1. The zero-order valence-corrected chi connectivity index (χ0v) is 12.7. The second-order valence-corrected chi connectivity index (χ2v) is 5.30. The molecule has 0 aliphatic rings. The van der Waals surface area contributed by atoms with Crippen LogP contribution in [-0.2, 0) is 0 Å². The van der Waals surface area contributed by atoms with E-state index in [2.05, 4.69) is 9.97 Å². The number of hydrogen-bond donors (Lipinski definition) is 2. The van der Waals surface area contributed by atoms with Gasteiger partial charge in [-0.2, -0.15) is 0 Å². The highest BCUT2D eigenvalue weighted by Crippen LogP contribution is 2.26. The summed E-state index contributed by atoms with van der Waals surface area (Å²) in [5.41, 5.74) is 2.50. The predicted octanol–water partition coefficient (Wildman–Crippen LogP) is 3.82. The van der Waals surface area contributed by atoms with Crippen molar-refractivity contribution < 1.29 is 9.84 Å². The van der Waals surface area contributed by atoms with Crippen LogP contribution in [0.5, 0.6) is 5.75 Å². The third-order valence-electron chi connectivity index (χ3n) is 3.42. The third-order valence-corrected chi connectivity index (χ3v) is 3.67. The number of aliphatic hydroxyl groups is 1. The van der Waals surface area contributed by atoms with Crippen molar-refractivity contribution in [2.24, 2.45) is 0 Å². The van der Waals surface area contributed by atoms with E-state index in [1.807, 2.05) is 24.3 Å². The van der Waals surface area contributed by atoms with E-state index in [1.54, 1.807) is 37.6 Å². The topological polar surface area (TPSA) is 58.1 Å². The molecular weight excluding hydrogens is 300 g/mol. The van der Waals surface area contributed by atoms with Crippen molar-refractivity contribution in [3.05, 3.63) is 71.1 Å². The number of hydrogen-bond acceptors (Lipinski definition) is 3. The lowest BCUT2D eigenvalue weighted by atomic mass is 10.1. The number of aromatic amines is 1. The van der Waals surface area contributed by atoms with Crippen LogP contribution in [0.15, 0.2) is 54.7 Å². The normalized spacial score (nSPS) is 12.1. The van der Waals surface area contributed by atoms with Crippen molar-refractivity contribution >= 4 is 11.6 Å². The molecule has 0 fully saturated rings. The smallest absolute Gasteiger partial charge is 0.140 e. The van der Waals surface area contributed by atoms with Gasteiger partial charge in [-0.25, -0.2) is 4.98 Å². The van der Waals surface area contributed by atoms with Gasteiger partial charge in [0.25, 0.3) is 0 Å². The number of aliphatic hydroxyl groups excluding tert-OH is 1. The summed E-state index contributed by atoms with van der Waals surface area (Å²) >= 11 is 5.86. The summed E-state index contributed by atoms with van der Waals surface area (Å²) in [4.78, 5) is 7.41. The van der Waals surface area contributed by atoms with E-state index in [-0.39, 0.29) is 0 Å². The molecule has 3 aromatic rings. The van der Waals surface area contributed by atoms with Gasteiger partial charge < -0.3 is 14.8 Å². The van der Waals surface area contributed by atoms with Crippen LogP contribution < -0.4 is 4.74 Å². The maximum atomic E-state index is 10.4. The number of ether oxygens (including phenoxy) is 1. The van der Waals surface area contributed by atoms with Crippen molar-refractivity contribution in [2.75, 3.05) is 7.11 Å². The monoisotopic (exact) mass is 314 g/mol. The van der Waals surface area contributed by atoms with E-state index in [1.165, 1.54) is 0 Å². The number of rotatable bonds is 4. The van der Waals surface area contributed by atoms with Gasteiger partial charge in [0.2, 0.25) is 0 Å². The number of methoxy groups -OCH3 is 1. The molecule has 0 radical (unpaired) electrons. The Morgan fingerprint density at radius 3 is 2.68 bits per heavy atom. The Morgan fingerprint density at radius 2 is 1.95 bits per heavy atom. The lowest BCUT2D eigenvalue weighted by Gasteiger charge is -2.08. The largest absolute Gasteiger partial charge is 0.497 e. The molecule has 0 amide bonds. The van der Waals surface area contributed by atoms with Gasteiger partial charge in [0.15, 0.2) is 0 Å². The van der Waals surface area contributed by atoms with Crippen molar-refractivity contribution in [3.8, 4) is 17.0 Å². The molecule has 2 N–H and O–H groups in total. The number of aromatic nitrogens is 2. The first kappa shape index (κ1) is 14.6. The Balaban J connectivity index is 1.88. The first-order chi connectivity index (χ1) is 10.7. The molecule has 2 aromatic carbocycles. The molecule has 0 bridgehead atoms. The van der Waals surface area contributed by atoms with Gasteiger partial charge in [-0.1, -0.05) is 35.9 Å². The van der Waals surface area contributed by atoms with Crippen molar-refractivity contribution in [1.82, 2.24) is 9.97 Å². The van der Waals surface area contributed by atoms with Gasteiger partial charge in [-0.3, -0.25) is 0 Å². The number of H-pyrrole nitrogens is 1. The minimum Gasteiger partial charge on any atom is -0.497 e. The molecule has 0 aliphatic carbocycles. The van der Waals surface area contributed by atoms with Gasteiger partial charge in [-0.15, -0.1) is 0 Å². The fourth-order valence-electron chi connectivity index (χ4n) is 2.22. The SMILES string of the molecule is COc1cccc(-c2cnc(C(O)c3ccc(Cl)cc3)[nH]2)c1. The van der Waals surface area contributed by atoms with Crippen LogP contribution in [0.4, 0.5) is 0 Å². The van der Waals surface area contributed by atoms with E-state index >= 15 is 0 Å². The Morgan fingerprint density at radius 1 is 1.18 bits per heavy atom. The van der Waals surface area contributed by atoms with Gasteiger partial charge in [0.05, 0.1) is 19.0 Å². The number of nitrogens with zero attached hydrogens (tertiary/aromatic N) is 1. The van der Waals surface area contributed by atoms with E-state index in [0.29, 0.717) is 10.8 Å². The summed E-state index contributed by atoms with van der Waals surface area (Å²) < 4.78 is 5.21. The third kappa shape index (κ3) is 2.98. The maximum Gasteiger partial charge on any atom is 0.140 e. The highest BCUT2D eigenvalue weighted by Gasteiger charge is 2.14. The lowest BCUT2D eigenvalue weighted by Crippen LogP contribution is -2.01. The molecule has 3 rings (SSSR count). The summed E-state index contributed by atoms with van der Waals surface area (Å²) in [6, 6.07) is 14.7. The molecule has 112 valence electrons. The Bertz CT molecular complexity index is 768. The van der Waals surface area contributed by atoms with Crippen LogP contribution in [0, 0.1) is 0 Å². The van der Waals surface area contributed by atoms with Crippen LogP contribution in [0.3, 0.4) is 0 Å². The molecule has 1 aromatic heterocycles. The fraction of sp³-hybridized carbons (Fsp3) is 0.118. The summed E-state index contributed by atoms with van der Waals surface area (Å²) in [6.07, 6.45) is 0.875. The average Bonchev–Trinajstić information content (AvgIpc) is 3.05. The minimum atomic E-state index is -0.823. The van der Waals surface area contributed by atoms with Crippen LogP contribution >= 0.6 is 11.6 Å². The summed E-state index contributed by atoms with van der Waals surface area (Å²) in [7, 11) is 1.63. The maximum absolute atomic E-state index is 10.4. The Hall–Kier alpha value is -2.30. The highest BCUT2D eigenvalue weighted by atomic mass is 35.5. The van der Waals surface area contributed by atoms with Gasteiger partial charge in [-0.05, 0) is 29.8 Å². The molecule has 0 aliphatic heterocycles. The zero-order valence-electron chi connectivity index (χ0n) is 12.0. The van der Waals surface area contributed by atoms with E-state index in [4.69, 9.17) is 16.3 Å². The van der Waals surface area contributed by atoms with Crippen LogP contribution in [0.25, 0.3) is 11.3 Å². The van der Waals surface area contributed by atoms with Crippen LogP contribution in [0.1, 0.15) is 17.5 Å². The fourth-order valence-corrected chi connectivity index (χ4v) is 2.34. The first-order valence-electron chi connectivity index (χ1n) is 6.80. The predicted molar refractivity (Wildman–Crippen MR) is 86.1 cm³/mol. The van der Waals surface area contributed by atoms with Crippen molar-refractivity contribution in [1.29, 1.82) is 0 Å². The molecule has 4 nitrogen and oxygen atoms in total. The molecule has 1 atom stereocenters. The highest BCUT2D eigenvalue weighted by molar-refractivity contribution is 6.30. The standard InChI is InChI=1S/C17H15ClN2O2/c1-22-14-4-2-3-12(9-14)15-10-19-17(20-15)16(21)11-5-7-13(18)8-6-11/h2-10,16,21H,1H3,(H,19,20). The average molecular weight is 315 g/mol. The number of halogens is 1. The second kappa shape index (κ2) is 6.22. The van der Waals surface area contributed by atoms with E-state index in [9.17, 15) is 5.11 Å². The van der Waals surface area contributed by atoms with Crippen molar-refractivity contribution in [3.63, 3.8) is 0 Å². The molecular formula is C17H15ClN2O2. The van der Waals surface area contributed by atoms with Gasteiger partial charge in [0, 0.05) is 10.6 Å². The lowest BCUT2D eigenvalue weighted by molar-refractivity contribution is 0.211. The van der Waals surface area contributed by atoms with E-state index in [0.717, 1.165) is 22.6 Å². The zero-order chi connectivity index (χ0) is 15.5. The molecule has 1 heterocycles. The molecule has 1 unspecified atom stereocenters. The minimum absolute atomic E-state index is 0.486. The van der Waals surface area contributed by atoms with Crippen molar-refractivity contribution in [2.45, 2.75) is 6.10 Å². The molecule has 22 heavy (non-hydrogen) atoms. The molecule has 0 saturated heterocycles. The summed E-state index contributed by atoms with van der Waals surface area (Å²) in [6.45, 7) is 0. The quantitative estimate of drug-likeness (QED) is 0.769. The van der Waals surface area contributed by atoms with Crippen LogP contribution in [-0.4, -0.2) is 22.2 Å². The number of imidazole rings is 1. The van der Waals surface area contributed by atoms with Crippen LogP contribution in [0.2, 0.25) is 5.02 Å². The summed E-state index contributed by atoms with van der Waals surface area (Å²) in [5.74, 6) is 1.26. The first-order valence-corrected chi connectivity index (χ1v) is 7.18. The van der Waals surface area contributed by atoms with Gasteiger partial charge in [0.1, 0.15) is 17.7 Å². The van der Waals surface area contributed by atoms with Gasteiger partial charge >= 0.3 is 0 Å². The Kier molecular flexibility index (Phi) is 4.13. The molecule has 5 heteroatoms. The summed E-state index contributed by atoms with van der Waals surface area (Å²) in [5, 5.41) is 11.0. The second-order valence-electron chi connectivity index (χ2n) is 4.87. The number of benzene rings is 2. The molecule has 0 spiro atoms. The van der Waals surface area contributed by atoms with E-state index < -0.39 is 6.10 Å². The molecule has 0 saturated carbocycles.